The molecular weight excluding hydrogens is 306 g/mol. The number of rotatable bonds is 6. The molecule has 0 aliphatic heterocycles. The molecule has 0 aliphatic rings. The highest BCUT2D eigenvalue weighted by atomic mass is 35.5. The minimum atomic E-state index is 0.0241. The number of halogens is 1. The number of carbonyl (C=O) groups is 1. The molecule has 1 heterocycles. The van der Waals surface area contributed by atoms with Crippen molar-refractivity contribution in [2.75, 3.05) is 5.75 Å². The molecule has 0 unspecified atom stereocenters. The second-order valence-electron chi connectivity index (χ2n) is 4.98. The fourth-order valence-electron chi connectivity index (χ4n) is 1.84. The predicted molar refractivity (Wildman–Crippen MR) is 86.8 cm³/mol. The molecule has 0 fully saturated rings. The summed E-state index contributed by atoms with van der Waals surface area (Å²) < 4.78 is 2.02. The first-order valence-electron chi connectivity index (χ1n) is 6.72. The SMILES string of the molecule is CC(C)NC(=O)CSc1nccn1Cc1ccc(Cl)cc1. The number of amides is 1. The fraction of sp³-hybridized carbons (Fsp3) is 0.333. The summed E-state index contributed by atoms with van der Waals surface area (Å²) >= 11 is 7.32. The van der Waals surface area contributed by atoms with Crippen LogP contribution < -0.4 is 5.32 Å². The van der Waals surface area contributed by atoms with Crippen LogP contribution in [0.15, 0.2) is 41.8 Å². The molecule has 0 radical (unpaired) electrons. The minimum Gasteiger partial charge on any atom is -0.353 e. The Hall–Kier alpha value is -1.46. The van der Waals surface area contributed by atoms with Crippen LogP contribution in [0.2, 0.25) is 5.02 Å². The Morgan fingerprint density at radius 1 is 1.38 bits per heavy atom. The second-order valence-corrected chi connectivity index (χ2v) is 6.35. The minimum absolute atomic E-state index is 0.0241. The van der Waals surface area contributed by atoms with Gasteiger partial charge in [-0.2, -0.15) is 0 Å². The monoisotopic (exact) mass is 323 g/mol. The molecule has 6 heteroatoms. The summed E-state index contributed by atoms with van der Waals surface area (Å²) in [5.74, 6) is 0.395. The normalized spacial score (nSPS) is 10.9. The van der Waals surface area contributed by atoms with E-state index in [1.807, 2.05) is 48.9 Å². The van der Waals surface area contributed by atoms with E-state index in [9.17, 15) is 4.79 Å². The van der Waals surface area contributed by atoms with Crippen molar-refractivity contribution < 1.29 is 4.79 Å². The van der Waals surface area contributed by atoms with Crippen LogP contribution in [0.25, 0.3) is 0 Å². The molecule has 0 saturated carbocycles. The molecule has 1 aromatic carbocycles. The van der Waals surface area contributed by atoms with Crippen LogP contribution in [0.5, 0.6) is 0 Å². The lowest BCUT2D eigenvalue weighted by molar-refractivity contribution is -0.119. The zero-order valence-corrected chi connectivity index (χ0v) is 13.6. The van der Waals surface area contributed by atoms with Crippen LogP contribution in [-0.2, 0) is 11.3 Å². The molecule has 1 amide bonds. The number of imidazole rings is 1. The largest absolute Gasteiger partial charge is 0.353 e. The Balaban J connectivity index is 1.95. The molecule has 0 saturated heterocycles. The Bertz CT molecular complexity index is 595. The second kappa shape index (κ2) is 7.52. The van der Waals surface area contributed by atoms with Gasteiger partial charge in [-0.3, -0.25) is 4.79 Å². The molecule has 0 atom stereocenters. The van der Waals surface area contributed by atoms with E-state index in [0.717, 1.165) is 15.7 Å². The zero-order chi connectivity index (χ0) is 15.2. The van der Waals surface area contributed by atoms with Gasteiger partial charge in [-0.1, -0.05) is 35.5 Å². The van der Waals surface area contributed by atoms with Gasteiger partial charge in [0.05, 0.1) is 5.75 Å². The van der Waals surface area contributed by atoms with Gasteiger partial charge in [-0.05, 0) is 31.5 Å². The average Bonchev–Trinajstić information content (AvgIpc) is 2.86. The van der Waals surface area contributed by atoms with Crippen molar-refractivity contribution in [2.45, 2.75) is 31.6 Å². The lowest BCUT2D eigenvalue weighted by Crippen LogP contribution is -2.31. The number of hydrogen-bond donors (Lipinski definition) is 1. The van der Waals surface area contributed by atoms with Crippen molar-refractivity contribution in [2.24, 2.45) is 0 Å². The van der Waals surface area contributed by atoms with Crippen LogP contribution in [0, 0.1) is 0 Å². The van der Waals surface area contributed by atoms with Gasteiger partial charge in [0.2, 0.25) is 5.91 Å². The molecule has 0 spiro atoms. The highest BCUT2D eigenvalue weighted by Crippen LogP contribution is 2.18. The molecule has 2 rings (SSSR count). The fourth-order valence-corrected chi connectivity index (χ4v) is 2.73. The molecule has 112 valence electrons. The Morgan fingerprint density at radius 3 is 2.76 bits per heavy atom. The number of benzene rings is 1. The maximum atomic E-state index is 11.7. The van der Waals surface area contributed by atoms with E-state index >= 15 is 0 Å². The molecule has 1 N–H and O–H groups in total. The standard InChI is InChI=1S/C15H18ClN3OS/c1-11(2)18-14(20)10-21-15-17-7-8-19(15)9-12-3-5-13(16)6-4-12/h3-8,11H,9-10H2,1-2H3,(H,18,20). The number of nitrogens with zero attached hydrogens (tertiary/aromatic N) is 2. The molecule has 0 aliphatic carbocycles. The first kappa shape index (κ1) is 15.9. The lowest BCUT2D eigenvalue weighted by atomic mass is 10.2. The highest BCUT2D eigenvalue weighted by Gasteiger charge is 2.09. The third-order valence-corrected chi connectivity index (χ3v) is 3.98. The number of carbonyl (C=O) groups excluding carboxylic acids is 1. The number of thioether (sulfide) groups is 1. The van der Waals surface area contributed by atoms with Crippen LogP contribution >= 0.6 is 23.4 Å². The third-order valence-electron chi connectivity index (χ3n) is 2.73. The Kier molecular flexibility index (Phi) is 5.70. The van der Waals surface area contributed by atoms with Gasteiger partial charge in [0.25, 0.3) is 0 Å². The van der Waals surface area contributed by atoms with Gasteiger partial charge in [-0.25, -0.2) is 4.98 Å². The van der Waals surface area contributed by atoms with Gasteiger partial charge in [-0.15, -0.1) is 0 Å². The molecule has 21 heavy (non-hydrogen) atoms. The summed E-state index contributed by atoms with van der Waals surface area (Å²) in [6.07, 6.45) is 3.66. The van der Waals surface area contributed by atoms with Gasteiger partial charge < -0.3 is 9.88 Å². The van der Waals surface area contributed by atoms with Gasteiger partial charge in [0.1, 0.15) is 0 Å². The smallest absolute Gasteiger partial charge is 0.230 e. The maximum Gasteiger partial charge on any atom is 0.230 e. The van der Waals surface area contributed by atoms with Gasteiger partial charge >= 0.3 is 0 Å². The topological polar surface area (TPSA) is 46.9 Å². The van der Waals surface area contributed by atoms with Crippen LogP contribution in [0.4, 0.5) is 0 Å². The summed E-state index contributed by atoms with van der Waals surface area (Å²) in [5, 5.41) is 4.43. The first-order chi connectivity index (χ1) is 10.0. The van der Waals surface area contributed by atoms with E-state index in [1.165, 1.54) is 11.8 Å². The van der Waals surface area contributed by atoms with Gasteiger partial charge in [0, 0.05) is 30.0 Å². The molecular formula is C15H18ClN3OS. The van der Waals surface area contributed by atoms with Crippen molar-refractivity contribution in [3.63, 3.8) is 0 Å². The molecule has 4 nitrogen and oxygen atoms in total. The van der Waals surface area contributed by atoms with Crippen molar-refractivity contribution in [1.29, 1.82) is 0 Å². The third kappa shape index (κ3) is 5.10. The van der Waals surface area contributed by atoms with Crippen molar-refractivity contribution in [3.8, 4) is 0 Å². The van der Waals surface area contributed by atoms with E-state index in [2.05, 4.69) is 10.3 Å². The van der Waals surface area contributed by atoms with E-state index in [-0.39, 0.29) is 11.9 Å². The van der Waals surface area contributed by atoms with E-state index in [1.54, 1.807) is 6.20 Å². The highest BCUT2D eigenvalue weighted by molar-refractivity contribution is 7.99. The van der Waals surface area contributed by atoms with Gasteiger partial charge in [0.15, 0.2) is 5.16 Å². The summed E-state index contributed by atoms with van der Waals surface area (Å²) in [4.78, 5) is 16.0. The van der Waals surface area contributed by atoms with E-state index in [4.69, 9.17) is 11.6 Å². The molecule has 0 bridgehead atoms. The average molecular weight is 324 g/mol. The summed E-state index contributed by atoms with van der Waals surface area (Å²) in [7, 11) is 0. The maximum absolute atomic E-state index is 11.7. The van der Waals surface area contributed by atoms with E-state index in [0.29, 0.717) is 12.3 Å². The van der Waals surface area contributed by atoms with Crippen molar-refractivity contribution >= 4 is 29.3 Å². The molecule has 1 aromatic heterocycles. The van der Waals surface area contributed by atoms with Crippen molar-refractivity contribution in [3.05, 3.63) is 47.2 Å². The predicted octanol–water partition coefficient (Wildman–Crippen LogP) is 3.20. The van der Waals surface area contributed by atoms with E-state index < -0.39 is 0 Å². The number of aromatic nitrogens is 2. The number of hydrogen-bond acceptors (Lipinski definition) is 3. The quantitative estimate of drug-likeness (QED) is 0.830. The first-order valence-corrected chi connectivity index (χ1v) is 8.08. The summed E-state index contributed by atoms with van der Waals surface area (Å²) in [6.45, 7) is 4.61. The summed E-state index contributed by atoms with van der Waals surface area (Å²) in [5.41, 5.74) is 1.14. The van der Waals surface area contributed by atoms with Crippen LogP contribution in [0.3, 0.4) is 0 Å². The van der Waals surface area contributed by atoms with Crippen LogP contribution in [0.1, 0.15) is 19.4 Å². The Labute approximate surface area is 133 Å². The molecule has 2 aromatic rings. The summed E-state index contributed by atoms with van der Waals surface area (Å²) in [6, 6.07) is 7.88. The van der Waals surface area contributed by atoms with Crippen LogP contribution in [-0.4, -0.2) is 27.3 Å². The Morgan fingerprint density at radius 2 is 2.10 bits per heavy atom. The zero-order valence-electron chi connectivity index (χ0n) is 12.0. The number of nitrogens with one attached hydrogen (secondary N) is 1. The van der Waals surface area contributed by atoms with Crippen molar-refractivity contribution in [1.82, 2.24) is 14.9 Å². The lowest BCUT2D eigenvalue weighted by Gasteiger charge is -2.09.